The molecule has 2 atom stereocenters. The van der Waals surface area contributed by atoms with Crippen molar-refractivity contribution in [2.24, 2.45) is 0 Å². The van der Waals surface area contributed by atoms with Gasteiger partial charge in [-0.2, -0.15) is 0 Å². The van der Waals surface area contributed by atoms with Crippen molar-refractivity contribution in [1.29, 1.82) is 0 Å². The Balaban J connectivity index is 1.90. The Kier molecular flexibility index (Phi) is 3.82. The van der Waals surface area contributed by atoms with E-state index in [0.717, 1.165) is 6.54 Å². The van der Waals surface area contributed by atoms with E-state index < -0.39 is 0 Å². The van der Waals surface area contributed by atoms with Crippen molar-refractivity contribution in [2.75, 3.05) is 13.6 Å². The van der Waals surface area contributed by atoms with Crippen molar-refractivity contribution >= 4 is 22.4 Å². The van der Waals surface area contributed by atoms with Crippen molar-refractivity contribution in [1.82, 2.24) is 10.2 Å². The summed E-state index contributed by atoms with van der Waals surface area (Å²) >= 11 is 6.36. The summed E-state index contributed by atoms with van der Waals surface area (Å²) in [5, 5.41) is 6.07. The highest BCUT2D eigenvalue weighted by atomic mass is 35.5. The van der Waals surface area contributed by atoms with E-state index in [1.54, 1.807) is 0 Å². The molecule has 3 heteroatoms. The molecule has 4 rings (SSSR count). The molecule has 3 aromatic carbocycles. The van der Waals surface area contributed by atoms with E-state index in [2.05, 4.69) is 84.0 Å². The Labute approximate surface area is 141 Å². The van der Waals surface area contributed by atoms with Crippen LogP contribution in [0.5, 0.6) is 0 Å². The van der Waals surface area contributed by atoms with Crippen molar-refractivity contribution in [3.8, 4) is 11.1 Å². The lowest BCUT2D eigenvalue weighted by molar-refractivity contribution is 0.283. The van der Waals surface area contributed by atoms with E-state index >= 15 is 0 Å². The van der Waals surface area contributed by atoms with Gasteiger partial charge >= 0.3 is 0 Å². The molecule has 0 aromatic heterocycles. The van der Waals surface area contributed by atoms with E-state index in [0.29, 0.717) is 0 Å². The van der Waals surface area contributed by atoms with E-state index in [1.807, 2.05) is 0 Å². The molecule has 0 amide bonds. The van der Waals surface area contributed by atoms with Crippen LogP contribution in [0.2, 0.25) is 0 Å². The SMILES string of the molecule is CN1C(Cl)CNC1c1ccccc1-c1cccc2ccccc12. The van der Waals surface area contributed by atoms with Crippen molar-refractivity contribution in [3.63, 3.8) is 0 Å². The van der Waals surface area contributed by atoms with Crippen LogP contribution in [0, 0.1) is 0 Å². The second-order valence-electron chi connectivity index (χ2n) is 6.02. The molecule has 2 unspecified atom stereocenters. The normalized spacial score (nSPS) is 21.8. The zero-order valence-electron chi connectivity index (χ0n) is 13.0. The summed E-state index contributed by atoms with van der Waals surface area (Å²) in [6.07, 6.45) is 0.146. The monoisotopic (exact) mass is 322 g/mol. The van der Waals surface area contributed by atoms with E-state index in [4.69, 9.17) is 11.6 Å². The Morgan fingerprint density at radius 3 is 2.43 bits per heavy atom. The number of fused-ring (bicyclic) bond motifs is 1. The van der Waals surface area contributed by atoms with Crippen LogP contribution >= 0.6 is 11.6 Å². The maximum absolute atomic E-state index is 6.36. The Hall–Kier alpha value is -1.87. The van der Waals surface area contributed by atoms with Gasteiger partial charge in [-0.05, 0) is 34.5 Å². The Morgan fingerprint density at radius 2 is 1.61 bits per heavy atom. The third-order valence-corrected chi connectivity index (χ3v) is 5.13. The average molecular weight is 323 g/mol. The highest BCUT2D eigenvalue weighted by Gasteiger charge is 2.30. The highest BCUT2D eigenvalue weighted by molar-refractivity contribution is 6.20. The van der Waals surface area contributed by atoms with Gasteiger partial charge in [-0.1, -0.05) is 66.7 Å². The van der Waals surface area contributed by atoms with E-state index in [1.165, 1.54) is 27.5 Å². The number of rotatable bonds is 2. The number of nitrogens with one attached hydrogen (secondary N) is 1. The summed E-state index contributed by atoms with van der Waals surface area (Å²) in [5.41, 5.74) is 3.83. The molecule has 1 N–H and O–H groups in total. The summed E-state index contributed by atoms with van der Waals surface area (Å²) in [6, 6.07) is 23.6. The molecule has 23 heavy (non-hydrogen) atoms. The maximum atomic E-state index is 6.36. The van der Waals surface area contributed by atoms with Crippen molar-refractivity contribution in [3.05, 3.63) is 72.3 Å². The predicted octanol–water partition coefficient (Wildman–Crippen LogP) is 4.61. The third-order valence-electron chi connectivity index (χ3n) is 4.66. The highest BCUT2D eigenvalue weighted by Crippen LogP contribution is 2.36. The molecule has 1 aliphatic heterocycles. The quantitative estimate of drug-likeness (QED) is 0.547. The summed E-state index contributed by atoms with van der Waals surface area (Å²) < 4.78 is 0. The van der Waals surface area contributed by atoms with Crippen LogP contribution in [0.4, 0.5) is 0 Å². The van der Waals surface area contributed by atoms with Crippen LogP contribution < -0.4 is 5.32 Å². The fourth-order valence-electron chi connectivity index (χ4n) is 3.43. The topological polar surface area (TPSA) is 15.3 Å². The van der Waals surface area contributed by atoms with Gasteiger partial charge in [0.1, 0.15) is 0 Å². The lowest BCUT2D eigenvalue weighted by Gasteiger charge is -2.24. The summed E-state index contributed by atoms with van der Waals surface area (Å²) in [6.45, 7) is 0.798. The molecule has 0 spiro atoms. The molecule has 0 aliphatic carbocycles. The van der Waals surface area contributed by atoms with E-state index in [9.17, 15) is 0 Å². The van der Waals surface area contributed by atoms with Crippen LogP contribution in [0.25, 0.3) is 21.9 Å². The van der Waals surface area contributed by atoms with Gasteiger partial charge in [-0.3, -0.25) is 10.2 Å². The van der Waals surface area contributed by atoms with Crippen molar-refractivity contribution in [2.45, 2.75) is 11.7 Å². The second-order valence-corrected chi connectivity index (χ2v) is 6.53. The first-order valence-corrected chi connectivity index (χ1v) is 8.36. The first-order chi connectivity index (χ1) is 11.3. The second kappa shape index (κ2) is 5.97. The number of benzene rings is 3. The number of hydrogen-bond acceptors (Lipinski definition) is 2. The lowest BCUT2D eigenvalue weighted by Crippen LogP contribution is -2.26. The van der Waals surface area contributed by atoms with Crippen LogP contribution in [0.3, 0.4) is 0 Å². The number of hydrogen-bond donors (Lipinski definition) is 1. The molecule has 1 heterocycles. The molecule has 1 aliphatic rings. The summed E-state index contributed by atoms with van der Waals surface area (Å²) in [5.74, 6) is 0. The molecule has 0 radical (unpaired) electrons. The van der Waals surface area contributed by atoms with Gasteiger partial charge in [0.15, 0.2) is 0 Å². The molecule has 0 bridgehead atoms. The number of nitrogens with zero attached hydrogens (tertiary/aromatic N) is 1. The lowest BCUT2D eigenvalue weighted by atomic mass is 9.93. The Bertz CT molecular complexity index is 840. The first kappa shape index (κ1) is 14.7. The fraction of sp³-hybridized carbons (Fsp3) is 0.200. The molecular formula is C20H19ClN2. The van der Waals surface area contributed by atoms with E-state index in [-0.39, 0.29) is 11.7 Å². The van der Waals surface area contributed by atoms with Gasteiger partial charge < -0.3 is 0 Å². The molecular weight excluding hydrogens is 304 g/mol. The summed E-state index contributed by atoms with van der Waals surface area (Å²) in [4.78, 5) is 2.19. The zero-order valence-corrected chi connectivity index (χ0v) is 13.8. The van der Waals surface area contributed by atoms with Gasteiger partial charge in [0.05, 0.1) is 11.7 Å². The molecule has 0 saturated carbocycles. The smallest absolute Gasteiger partial charge is 0.0989 e. The maximum Gasteiger partial charge on any atom is 0.0989 e. The minimum Gasteiger partial charge on any atom is -0.295 e. The molecule has 1 saturated heterocycles. The number of halogens is 1. The minimum absolute atomic E-state index is 0.0283. The largest absolute Gasteiger partial charge is 0.295 e. The zero-order chi connectivity index (χ0) is 15.8. The van der Waals surface area contributed by atoms with Gasteiger partial charge in [-0.25, -0.2) is 0 Å². The van der Waals surface area contributed by atoms with Crippen LogP contribution in [0.15, 0.2) is 66.7 Å². The van der Waals surface area contributed by atoms with Crippen LogP contribution in [-0.2, 0) is 0 Å². The number of likely N-dealkylation sites (N-methyl/N-ethyl adjacent to an activating group) is 1. The average Bonchev–Trinajstić information content (AvgIpc) is 2.93. The molecule has 2 nitrogen and oxygen atoms in total. The predicted molar refractivity (Wildman–Crippen MR) is 97.5 cm³/mol. The number of alkyl halides is 1. The molecule has 3 aromatic rings. The first-order valence-electron chi connectivity index (χ1n) is 7.92. The van der Waals surface area contributed by atoms with Gasteiger partial charge in [0, 0.05) is 6.54 Å². The minimum atomic E-state index is 0.0283. The van der Waals surface area contributed by atoms with Gasteiger partial charge in [0.25, 0.3) is 0 Å². The summed E-state index contributed by atoms with van der Waals surface area (Å²) in [7, 11) is 2.07. The third kappa shape index (κ3) is 2.53. The van der Waals surface area contributed by atoms with Gasteiger partial charge in [-0.15, -0.1) is 11.6 Å². The van der Waals surface area contributed by atoms with Crippen molar-refractivity contribution < 1.29 is 0 Å². The van der Waals surface area contributed by atoms with Crippen LogP contribution in [-0.4, -0.2) is 24.0 Å². The fourth-order valence-corrected chi connectivity index (χ4v) is 3.63. The Morgan fingerprint density at radius 1 is 0.913 bits per heavy atom. The standard InChI is InChI=1S/C20H19ClN2/c1-23-19(21)13-22-20(23)18-11-5-4-10-17(18)16-12-6-8-14-7-2-3-9-15(14)16/h2-12,19-20,22H,13H2,1H3. The van der Waals surface area contributed by atoms with Crippen LogP contribution in [0.1, 0.15) is 11.7 Å². The van der Waals surface area contributed by atoms with Gasteiger partial charge in [0.2, 0.25) is 0 Å². The molecule has 116 valence electrons. The molecule has 1 fully saturated rings.